The summed E-state index contributed by atoms with van der Waals surface area (Å²) in [6.07, 6.45) is -7.77. The smallest absolute Gasteiger partial charge is 0.550 e. The molecule has 3 amide bonds. The Morgan fingerprint density at radius 3 is 1.93 bits per heavy atom. The van der Waals surface area contributed by atoms with Gasteiger partial charge in [-0.15, -0.1) is 0 Å². The van der Waals surface area contributed by atoms with Crippen LogP contribution in [0.1, 0.15) is 53.3 Å². The van der Waals surface area contributed by atoms with Gasteiger partial charge in [-0.2, -0.15) is 0 Å². The van der Waals surface area contributed by atoms with Crippen molar-refractivity contribution in [2.24, 2.45) is 0 Å². The van der Waals surface area contributed by atoms with E-state index in [1.807, 2.05) is 30.3 Å². The number of aliphatic hydroxyl groups is 3. The van der Waals surface area contributed by atoms with Gasteiger partial charge in [0.15, 0.2) is 0 Å². The van der Waals surface area contributed by atoms with Crippen molar-refractivity contribution in [2.75, 3.05) is 13.2 Å². The number of unbranched alkanes of at least 4 members (excludes halogenated alkanes) is 2. The normalized spacial score (nSPS) is 21.6. The van der Waals surface area contributed by atoms with Crippen LogP contribution in [0, 0.1) is 0 Å². The van der Waals surface area contributed by atoms with Crippen LogP contribution in [0.2, 0.25) is 0 Å². The summed E-state index contributed by atoms with van der Waals surface area (Å²) in [6.45, 7) is 0.108. The molecule has 3 aromatic rings. The predicted molar refractivity (Wildman–Crippen MR) is 180 cm³/mol. The minimum Gasteiger partial charge on any atom is -0.550 e. The summed E-state index contributed by atoms with van der Waals surface area (Å²) in [7, 11) is 0. The zero-order valence-corrected chi connectivity index (χ0v) is 34.3. The van der Waals surface area contributed by atoms with Crippen molar-refractivity contribution in [3.8, 4) is 11.1 Å². The monoisotopic (exact) mass is 765 g/mol. The Bertz CT molecular complexity index is 1690. The summed E-state index contributed by atoms with van der Waals surface area (Å²) < 4.78 is 11.3. The van der Waals surface area contributed by atoms with Crippen LogP contribution in [0.3, 0.4) is 0 Å². The van der Waals surface area contributed by atoms with Gasteiger partial charge < -0.3 is 60.5 Å². The van der Waals surface area contributed by atoms with Gasteiger partial charge in [-0.3, -0.25) is 14.4 Å². The third-order valence-corrected chi connectivity index (χ3v) is 8.57. The molecule has 4 rings (SSSR count). The Morgan fingerprint density at radius 2 is 1.35 bits per heavy atom. The first kappa shape index (κ1) is 47.0. The molecule has 0 saturated carbocycles. The summed E-state index contributed by atoms with van der Waals surface area (Å²) in [4.78, 5) is 62.1. The number of benzene rings is 3. The number of aliphatic carboxylic acids is 2. The molecule has 15 nitrogen and oxygen atoms in total. The number of amides is 3. The third-order valence-electron chi connectivity index (χ3n) is 8.57. The molecule has 0 radical (unpaired) electrons. The van der Waals surface area contributed by atoms with E-state index < -0.39 is 85.1 Å². The molecule has 1 fully saturated rings. The largest absolute Gasteiger partial charge is 1.00 e. The number of carbonyl (C=O) groups is 5. The van der Waals surface area contributed by atoms with Crippen LogP contribution in [0.15, 0.2) is 84.9 Å². The molecule has 0 spiro atoms. The maximum absolute atomic E-state index is 13.3. The summed E-state index contributed by atoms with van der Waals surface area (Å²) >= 11 is 0. The molecule has 0 aromatic heterocycles. The van der Waals surface area contributed by atoms with E-state index in [1.165, 1.54) is 12.1 Å². The molecule has 0 unspecified atom stereocenters. The Kier molecular flexibility index (Phi) is 19.5. The summed E-state index contributed by atoms with van der Waals surface area (Å²) in [5.74, 6) is -8.57. The van der Waals surface area contributed by atoms with Gasteiger partial charge in [0.1, 0.15) is 24.3 Å². The SMILES string of the molecule is CC(=O)N[C@@H]1[C@@H](NC(=O)c2ccccc2)[C@H](O)[C@](OCCCCCC(=O)[O-])(C(=O)[O-])O[C@H]1[C@H](O)[C@H](O)CNC(=O)c1ccc(-c2ccccc2)cc1.[Na+].[Na+]. The molecule has 54 heavy (non-hydrogen) atoms. The van der Waals surface area contributed by atoms with E-state index in [4.69, 9.17) is 9.47 Å². The number of ether oxygens (including phenoxy) is 2. The quantitative estimate of drug-likeness (QED) is 0.0555. The predicted octanol–water partition coefficient (Wildman–Crippen LogP) is -7.35. The minimum atomic E-state index is -3.06. The van der Waals surface area contributed by atoms with Crippen LogP contribution in [-0.2, 0) is 23.9 Å². The first-order chi connectivity index (χ1) is 24.8. The summed E-state index contributed by atoms with van der Waals surface area (Å²) in [5.41, 5.74) is 2.14. The molecule has 7 atom stereocenters. The van der Waals surface area contributed by atoms with Crippen molar-refractivity contribution in [1.82, 2.24) is 16.0 Å². The van der Waals surface area contributed by atoms with Crippen molar-refractivity contribution < 1.29 is 118 Å². The van der Waals surface area contributed by atoms with E-state index >= 15 is 0 Å². The van der Waals surface area contributed by atoms with Gasteiger partial charge >= 0.3 is 59.1 Å². The number of carboxylic acids is 2. The number of carboxylic acid groups (broad SMARTS) is 2. The molecule has 1 aliphatic heterocycles. The molecular formula is C37H41N3Na2O12. The van der Waals surface area contributed by atoms with E-state index in [1.54, 1.807) is 42.5 Å². The zero-order chi connectivity index (χ0) is 37.8. The van der Waals surface area contributed by atoms with Crippen molar-refractivity contribution in [2.45, 2.75) is 74.9 Å². The maximum atomic E-state index is 13.3. The van der Waals surface area contributed by atoms with Crippen LogP contribution in [0.5, 0.6) is 0 Å². The number of rotatable bonds is 17. The van der Waals surface area contributed by atoms with Gasteiger partial charge in [0.2, 0.25) is 11.7 Å². The molecule has 3 aromatic carbocycles. The van der Waals surface area contributed by atoms with Gasteiger partial charge in [-0.1, -0.05) is 67.1 Å². The van der Waals surface area contributed by atoms with Crippen LogP contribution >= 0.6 is 0 Å². The van der Waals surface area contributed by atoms with Crippen LogP contribution in [-0.4, -0.2) is 100 Å². The van der Waals surface area contributed by atoms with E-state index in [2.05, 4.69) is 16.0 Å². The van der Waals surface area contributed by atoms with Gasteiger partial charge in [0.25, 0.3) is 11.8 Å². The first-order valence-corrected chi connectivity index (χ1v) is 16.7. The average molecular weight is 766 g/mol. The number of aliphatic hydroxyl groups excluding tert-OH is 3. The molecule has 17 heteroatoms. The number of hydrogen-bond donors (Lipinski definition) is 6. The number of carbonyl (C=O) groups excluding carboxylic acids is 5. The Hall–Kier alpha value is -3.19. The van der Waals surface area contributed by atoms with E-state index in [0.717, 1.165) is 18.1 Å². The molecule has 278 valence electrons. The Balaban J connectivity index is 0.00000504. The molecule has 0 aliphatic carbocycles. The first-order valence-electron chi connectivity index (χ1n) is 16.7. The molecular weight excluding hydrogens is 724 g/mol. The Labute approximate surface area is 356 Å². The fourth-order valence-corrected chi connectivity index (χ4v) is 5.87. The third kappa shape index (κ3) is 12.4. The molecule has 0 bridgehead atoms. The maximum Gasteiger partial charge on any atom is 1.00 e. The second-order valence-corrected chi connectivity index (χ2v) is 12.3. The van der Waals surface area contributed by atoms with Crippen LogP contribution < -0.4 is 85.3 Å². The average Bonchev–Trinajstić information content (AvgIpc) is 3.14. The van der Waals surface area contributed by atoms with Gasteiger partial charge in [-0.05, 0) is 54.7 Å². The topological polar surface area (TPSA) is 247 Å². The van der Waals surface area contributed by atoms with E-state index in [9.17, 15) is 49.5 Å². The van der Waals surface area contributed by atoms with Crippen molar-refractivity contribution >= 4 is 29.7 Å². The second kappa shape index (κ2) is 22.4. The number of hydrogen-bond acceptors (Lipinski definition) is 12. The van der Waals surface area contributed by atoms with Crippen LogP contribution in [0.4, 0.5) is 0 Å². The standard InChI is InChI=1S/C37H43N3O12.2Na/c1-22(41)39-29-30(40-35(48)25-13-7-3-8-14-25)33(46)37(36(49)50,51-20-10-4-9-15-28(43)44)52-32(29)31(45)27(42)21-38-34(47)26-18-16-24(17-19-26)23-11-5-2-6-12-23;;/h2-3,5-8,11-14,16-19,27,29-33,42,45-46H,4,9-10,15,20-21H2,1H3,(H,38,47)(H,39,41)(H,40,48)(H,43,44)(H,49,50);;/q;2*+1/p-2/t27-,29-,30-,31-,32-,33+,37-;;/m1../s1. The molecule has 1 aliphatic rings. The Morgan fingerprint density at radius 1 is 0.778 bits per heavy atom. The van der Waals surface area contributed by atoms with Gasteiger partial charge in [-0.25, -0.2) is 0 Å². The van der Waals surface area contributed by atoms with Crippen LogP contribution in [0.25, 0.3) is 11.1 Å². The van der Waals surface area contributed by atoms with Gasteiger partial charge in [0, 0.05) is 30.6 Å². The van der Waals surface area contributed by atoms with E-state index in [0.29, 0.717) is 0 Å². The zero-order valence-electron chi connectivity index (χ0n) is 30.3. The fraction of sp³-hybridized carbons (Fsp3) is 0.378. The van der Waals surface area contributed by atoms with Crippen molar-refractivity contribution in [3.05, 3.63) is 96.1 Å². The minimum absolute atomic E-state index is 0. The number of nitrogens with one attached hydrogen (secondary N) is 3. The summed E-state index contributed by atoms with van der Waals surface area (Å²) in [5, 5.41) is 65.0. The fourth-order valence-electron chi connectivity index (χ4n) is 5.87. The van der Waals surface area contributed by atoms with Crippen molar-refractivity contribution in [3.63, 3.8) is 0 Å². The molecule has 1 heterocycles. The summed E-state index contributed by atoms with van der Waals surface area (Å²) in [6, 6.07) is 20.4. The van der Waals surface area contributed by atoms with E-state index in [-0.39, 0.29) is 95.9 Å². The molecule has 6 N–H and O–H groups in total. The second-order valence-electron chi connectivity index (χ2n) is 12.3. The van der Waals surface area contributed by atoms with Crippen molar-refractivity contribution in [1.29, 1.82) is 0 Å². The van der Waals surface area contributed by atoms with Gasteiger partial charge in [0.05, 0.1) is 24.8 Å². The molecule has 1 saturated heterocycles.